The predicted octanol–water partition coefficient (Wildman–Crippen LogP) is 0.619. The minimum absolute atomic E-state index is 0.0569. The number of carbonyl (C=O) groups excluding carboxylic acids is 1. The Balaban J connectivity index is 1.89. The molecule has 8 nitrogen and oxygen atoms in total. The van der Waals surface area contributed by atoms with Gasteiger partial charge in [0.2, 0.25) is 15.9 Å². The van der Waals surface area contributed by atoms with Gasteiger partial charge in [-0.25, -0.2) is 13.1 Å². The van der Waals surface area contributed by atoms with E-state index < -0.39 is 10.0 Å². The summed E-state index contributed by atoms with van der Waals surface area (Å²) in [6.45, 7) is 0.213. The molecule has 0 aliphatic rings. The maximum Gasteiger partial charge on any atom is 0.242 e. The van der Waals surface area contributed by atoms with Gasteiger partial charge in [-0.15, -0.1) is 5.10 Å². The van der Waals surface area contributed by atoms with Gasteiger partial charge in [-0.3, -0.25) is 9.52 Å². The van der Waals surface area contributed by atoms with Crippen molar-refractivity contribution in [1.82, 2.24) is 20.3 Å². The van der Waals surface area contributed by atoms with E-state index in [9.17, 15) is 13.2 Å². The second kappa shape index (κ2) is 6.75. The number of sulfonamides is 1. The molecule has 1 amide bonds. The second-order valence-electron chi connectivity index (χ2n) is 4.54. The van der Waals surface area contributed by atoms with Gasteiger partial charge in [0, 0.05) is 11.6 Å². The summed E-state index contributed by atoms with van der Waals surface area (Å²) in [6, 6.07) is 7.18. The van der Waals surface area contributed by atoms with Gasteiger partial charge in [0.05, 0.1) is 12.5 Å². The third kappa shape index (κ3) is 5.01. The number of halogens is 1. The maximum absolute atomic E-state index is 11.8. The lowest BCUT2D eigenvalue weighted by Gasteiger charge is -2.06. The van der Waals surface area contributed by atoms with Crippen molar-refractivity contribution in [2.75, 3.05) is 11.0 Å². The first kappa shape index (κ1) is 16.2. The van der Waals surface area contributed by atoms with Crippen LogP contribution < -0.4 is 10.0 Å². The van der Waals surface area contributed by atoms with Crippen LogP contribution >= 0.6 is 11.6 Å². The molecule has 2 rings (SSSR count). The molecule has 0 atom stereocenters. The van der Waals surface area contributed by atoms with Crippen LogP contribution in [0.4, 0.5) is 5.82 Å². The lowest BCUT2D eigenvalue weighted by Crippen LogP contribution is -2.27. The molecule has 10 heteroatoms. The second-order valence-corrected chi connectivity index (χ2v) is 6.70. The highest BCUT2D eigenvalue weighted by molar-refractivity contribution is 7.92. The summed E-state index contributed by atoms with van der Waals surface area (Å²) in [5.41, 5.74) is 0.801. The summed E-state index contributed by atoms with van der Waals surface area (Å²) in [5, 5.41) is 10.5. The average Bonchev–Trinajstić information content (AvgIpc) is 2.82. The van der Waals surface area contributed by atoms with Crippen LogP contribution in [0.25, 0.3) is 0 Å². The highest BCUT2D eigenvalue weighted by atomic mass is 35.5. The Morgan fingerprint density at radius 3 is 2.77 bits per heavy atom. The average molecular weight is 344 g/mol. The van der Waals surface area contributed by atoms with Crippen LogP contribution in [0.15, 0.2) is 30.5 Å². The van der Waals surface area contributed by atoms with Gasteiger partial charge in [0.1, 0.15) is 6.54 Å². The number of hydrogen-bond donors (Lipinski definition) is 2. The molecular formula is C12H14ClN5O3S. The Morgan fingerprint density at radius 1 is 1.36 bits per heavy atom. The number of rotatable bonds is 6. The summed E-state index contributed by atoms with van der Waals surface area (Å²) in [5.74, 6) is -0.239. The van der Waals surface area contributed by atoms with Crippen molar-refractivity contribution in [2.45, 2.75) is 13.1 Å². The first-order chi connectivity index (χ1) is 10.3. The number of aromatic nitrogens is 3. The van der Waals surface area contributed by atoms with Crippen molar-refractivity contribution in [3.05, 3.63) is 41.0 Å². The fourth-order valence-corrected chi connectivity index (χ4v) is 2.33. The van der Waals surface area contributed by atoms with Crippen molar-refractivity contribution >= 4 is 33.3 Å². The zero-order valence-corrected chi connectivity index (χ0v) is 13.2. The van der Waals surface area contributed by atoms with E-state index in [0.29, 0.717) is 11.6 Å². The van der Waals surface area contributed by atoms with Crippen molar-refractivity contribution in [3.63, 3.8) is 0 Å². The van der Waals surface area contributed by atoms with Gasteiger partial charge in [-0.1, -0.05) is 35.0 Å². The highest BCUT2D eigenvalue weighted by Crippen LogP contribution is 2.14. The number of anilines is 1. The third-order valence-electron chi connectivity index (χ3n) is 2.57. The van der Waals surface area contributed by atoms with Gasteiger partial charge in [0.15, 0.2) is 5.82 Å². The minimum atomic E-state index is -3.42. The van der Waals surface area contributed by atoms with Crippen LogP contribution in [0, 0.1) is 0 Å². The van der Waals surface area contributed by atoms with E-state index >= 15 is 0 Å². The summed E-state index contributed by atoms with van der Waals surface area (Å²) in [4.78, 5) is 11.8. The molecule has 0 fully saturated rings. The number of benzene rings is 1. The maximum atomic E-state index is 11.8. The topological polar surface area (TPSA) is 106 Å². The number of carbonyl (C=O) groups is 1. The SMILES string of the molecule is CS(=O)(=O)Nc1cn(CC(=O)NCc2ccccc2Cl)nn1. The summed E-state index contributed by atoms with van der Waals surface area (Å²) >= 11 is 5.99. The lowest BCUT2D eigenvalue weighted by molar-refractivity contribution is -0.122. The largest absolute Gasteiger partial charge is 0.350 e. The van der Waals surface area contributed by atoms with Crippen LogP contribution in [-0.4, -0.2) is 35.6 Å². The quantitative estimate of drug-likeness (QED) is 0.799. The third-order valence-corrected chi connectivity index (χ3v) is 3.52. The van der Waals surface area contributed by atoms with Gasteiger partial charge in [0.25, 0.3) is 0 Å². The van der Waals surface area contributed by atoms with E-state index in [1.54, 1.807) is 12.1 Å². The van der Waals surface area contributed by atoms with Crippen molar-refractivity contribution in [2.24, 2.45) is 0 Å². The normalized spacial score (nSPS) is 11.2. The number of nitrogens with zero attached hydrogens (tertiary/aromatic N) is 3. The fraction of sp³-hybridized carbons (Fsp3) is 0.250. The molecule has 22 heavy (non-hydrogen) atoms. The Morgan fingerprint density at radius 2 is 2.09 bits per heavy atom. The predicted molar refractivity (Wildman–Crippen MR) is 81.8 cm³/mol. The van der Waals surface area contributed by atoms with E-state index in [0.717, 1.165) is 11.8 Å². The molecule has 0 bridgehead atoms. The molecule has 0 unspecified atom stereocenters. The molecule has 1 aromatic carbocycles. The monoisotopic (exact) mass is 343 g/mol. The Labute approximate surface area is 132 Å². The first-order valence-electron chi connectivity index (χ1n) is 6.21. The van der Waals surface area contributed by atoms with E-state index in [2.05, 4.69) is 20.4 Å². The van der Waals surface area contributed by atoms with Crippen LogP contribution in [0.5, 0.6) is 0 Å². The molecule has 0 saturated carbocycles. The number of nitrogens with one attached hydrogen (secondary N) is 2. The van der Waals surface area contributed by atoms with E-state index in [1.165, 1.54) is 10.9 Å². The fourth-order valence-electron chi connectivity index (χ4n) is 1.65. The molecular weight excluding hydrogens is 330 g/mol. The minimum Gasteiger partial charge on any atom is -0.350 e. The lowest BCUT2D eigenvalue weighted by atomic mass is 10.2. The molecule has 2 N–H and O–H groups in total. The summed E-state index contributed by atoms with van der Waals surface area (Å²) < 4.78 is 25.5. The van der Waals surface area contributed by atoms with Gasteiger partial charge >= 0.3 is 0 Å². The summed E-state index contributed by atoms with van der Waals surface area (Å²) in [6.07, 6.45) is 2.33. The zero-order chi connectivity index (χ0) is 16.2. The Kier molecular flexibility index (Phi) is 4.99. The van der Waals surface area contributed by atoms with Crippen LogP contribution in [0.3, 0.4) is 0 Å². The number of amides is 1. The first-order valence-corrected chi connectivity index (χ1v) is 8.48. The number of hydrogen-bond acceptors (Lipinski definition) is 5. The highest BCUT2D eigenvalue weighted by Gasteiger charge is 2.09. The standard InChI is InChI=1S/C12H14ClN5O3S/c1-22(20,21)16-11-7-18(17-15-11)8-12(19)14-6-9-4-2-3-5-10(9)13/h2-5,7,16H,6,8H2,1H3,(H,14,19). The van der Waals surface area contributed by atoms with Crippen molar-refractivity contribution < 1.29 is 13.2 Å². The van der Waals surface area contributed by atoms with E-state index in [-0.39, 0.29) is 18.3 Å². The van der Waals surface area contributed by atoms with Crippen LogP contribution in [0.2, 0.25) is 5.02 Å². The molecule has 118 valence electrons. The Hall–Kier alpha value is -2.13. The van der Waals surface area contributed by atoms with E-state index in [1.807, 2.05) is 12.1 Å². The molecule has 0 radical (unpaired) electrons. The zero-order valence-electron chi connectivity index (χ0n) is 11.7. The van der Waals surface area contributed by atoms with Crippen LogP contribution in [0.1, 0.15) is 5.56 Å². The van der Waals surface area contributed by atoms with Gasteiger partial charge in [-0.2, -0.15) is 0 Å². The van der Waals surface area contributed by atoms with Crippen molar-refractivity contribution in [1.29, 1.82) is 0 Å². The van der Waals surface area contributed by atoms with E-state index in [4.69, 9.17) is 11.6 Å². The molecule has 0 aliphatic carbocycles. The van der Waals surface area contributed by atoms with Gasteiger partial charge in [-0.05, 0) is 11.6 Å². The molecule has 1 heterocycles. The molecule has 0 saturated heterocycles. The Bertz CT molecular complexity index is 775. The van der Waals surface area contributed by atoms with Crippen molar-refractivity contribution in [3.8, 4) is 0 Å². The summed E-state index contributed by atoms with van der Waals surface area (Å²) in [7, 11) is -3.42. The smallest absolute Gasteiger partial charge is 0.242 e. The van der Waals surface area contributed by atoms with Gasteiger partial charge < -0.3 is 5.32 Å². The molecule has 2 aromatic rings. The molecule has 0 aliphatic heterocycles. The molecule has 1 aromatic heterocycles. The van der Waals surface area contributed by atoms with Crippen LogP contribution in [-0.2, 0) is 27.9 Å². The molecule has 0 spiro atoms.